The Morgan fingerprint density at radius 3 is 2.40 bits per heavy atom. The summed E-state index contributed by atoms with van der Waals surface area (Å²) in [4.78, 5) is 15.2. The lowest BCUT2D eigenvalue weighted by Gasteiger charge is -2.28. The number of nitrogens with one attached hydrogen (secondary N) is 1. The van der Waals surface area contributed by atoms with Crippen LogP contribution in [0.1, 0.15) is 79.4 Å². The van der Waals surface area contributed by atoms with Crippen LogP contribution in [0.5, 0.6) is 0 Å². The molecular weight excluding hydrogens is 609 g/mol. The number of pyridine rings is 1. The Kier molecular flexibility index (Phi) is 8.92. The van der Waals surface area contributed by atoms with Crippen LogP contribution >= 0.6 is 0 Å². The van der Waals surface area contributed by atoms with Crippen LogP contribution < -0.4 is 5.32 Å². The summed E-state index contributed by atoms with van der Waals surface area (Å²) in [6.07, 6.45) is 28.6. The number of hydrogen-bond donors (Lipinski definition) is 1. The zero-order valence-corrected chi connectivity index (χ0v) is 28.8. The van der Waals surface area contributed by atoms with E-state index in [-0.39, 0.29) is 6.17 Å². The fraction of sp³-hybridized carbons (Fsp3) is 0.196. The van der Waals surface area contributed by atoms with Gasteiger partial charge in [-0.05, 0) is 103 Å². The van der Waals surface area contributed by atoms with Gasteiger partial charge in [0.1, 0.15) is 6.17 Å². The van der Waals surface area contributed by atoms with E-state index in [4.69, 9.17) is 9.98 Å². The van der Waals surface area contributed by atoms with Crippen molar-refractivity contribution in [2.75, 3.05) is 0 Å². The largest absolute Gasteiger partial charge is 0.360 e. The highest BCUT2D eigenvalue weighted by Gasteiger charge is 2.24. The van der Waals surface area contributed by atoms with Gasteiger partial charge in [-0.2, -0.15) is 0 Å². The van der Waals surface area contributed by atoms with Gasteiger partial charge in [-0.1, -0.05) is 121 Å². The van der Waals surface area contributed by atoms with Crippen LogP contribution in [0.4, 0.5) is 5.69 Å². The Hall–Kier alpha value is -5.61. The summed E-state index contributed by atoms with van der Waals surface area (Å²) in [6, 6.07) is 26.3. The van der Waals surface area contributed by atoms with E-state index in [1.165, 1.54) is 39.1 Å². The Balaban J connectivity index is 1.11. The number of hydrogen-bond acceptors (Lipinski definition) is 4. The molecule has 4 nitrogen and oxygen atoms in total. The lowest BCUT2D eigenvalue weighted by molar-refractivity contribution is 0.618. The van der Waals surface area contributed by atoms with E-state index in [1.54, 1.807) is 0 Å². The summed E-state index contributed by atoms with van der Waals surface area (Å²) in [5.41, 5.74) is 15.3. The van der Waals surface area contributed by atoms with E-state index in [0.717, 1.165) is 71.2 Å². The molecule has 8 rings (SSSR count). The highest BCUT2D eigenvalue weighted by atomic mass is 15.1. The van der Waals surface area contributed by atoms with Crippen LogP contribution in [-0.4, -0.2) is 16.4 Å². The normalized spacial score (nSPS) is 20.4. The van der Waals surface area contributed by atoms with Crippen LogP contribution in [0.15, 0.2) is 167 Å². The summed E-state index contributed by atoms with van der Waals surface area (Å²) >= 11 is 0. The quantitative estimate of drug-likeness (QED) is 0.202. The average Bonchev–Trinajstić information content (AvgIpc) is 3.20. The summed E-state index contributed by atoms with van der Waals surface area (Å²) in [6.45, 7) is 4.14. The highest BCUT2D eigenvalue weighted by molar-refractivity contribution is 6.10. The van der Waals surface area contributed by atoms with Gasteiger partial charge in [0, 0.05) is 28.9 Å². The number of rotatable bonds is 7. The fourth-order valence-corrected chi connectivity index (χ4v) is 7.44. The first-order chi connectivity index (χ1) is 24.7. The molecule has 2 unspecified atom stereocenters. The lowest BCUT2D eigenvalue weighted by atomic mass is 9.88. The summed E-state index contributed by atoms with van der Waals surface area (Å²) in [5.74, 6) is 0.427. The van der Waals surface area contributed by atoms with E-state index in [9.17, 15) is 0 Å². The number of fused-ring (bicyclic) bond motifs is 3. The van der Waals surface area contributed by atoms with Gasteiger partial charge in [-0.15, -0.1) is 0 Å². The van der Waals surface area contributed by atoms with E-state index in [2.05, 4.69) is 152 Å². The van der Waals surface area contributed by atoms with Crippen molar-refractivity contribution in [3.05, 3.63) is 184 Å². The van der Waals surface area contributed by atoms with Crippen molar-refractivity contribution in [1.29, 1.82) is 0 Å². The molecule has 246 valence electrons. The van der Waals surface area contributed by atoms with Crippen molar-refractivity contribution in [3.63, 3.8) is 0 Å². The fourth-order valence-electron chi connectivity index (χ4n) is 7.44. The van der Waals surface area contributed by atoms with Gasteiger partial charge in [0.2, 0.25) is 0 Å². The van der Waals surface area contributed by atoms with Gasteiger partial charge in [-0.25, -0.2) is 0 Å². The number of aromatic nitrogens is 1. The molecule has 0 bridgehead atoms. The molecule has 0 spiro atoms. The van der Waals surface area contributed by atoms with Crippen LogP contribution in [0.2, 0.25) is 0 Å². The molecule has 0 fully saturated rings. The molecule has 3 aromatic carbocycles. The topological polar surface area (TPSA) is 49.6 Å². The molecule has 4 aromatic rings. The van der Waals surface area contributed by atoms with Crippen LogP contribution in [0.25, 0.3) is 16.5 Å². The third kappa shape index (κ3) is 6.42. The van der Waals surface area contributed by atoms with Gasteiger partial charge >= 0.3 is 0 Å². The molecule has 3 heterocycles. The number of aliphatic imine (C=N–C) groups is 2. The van der Waals surface area contributed by atoms with Gasteiger partial charge in [-0.3, -0.25) is 15.0 Å². The SMILES string of the molecule is C/C=C\C(=C/C)c1ccc(C2=NC(c3ccc(C4C=CC=CC4)cc3)NC(C3=CC=C(C4=Nc5c(ccc6cccnc56)CC4)CC3)=C2)cc1. The third-order valence-electron chi connectivity index (χ3n) is 10.2. The molecule has 1 aromatic heterocycles. The number of nitrogens with zero attached hydrogens (tertiary/aromatic N) is 3. The van der Waals surface area contributed by atoms with Crippen LogP contribution in [0, 0.1) is 0 Å². The maximum absolute atomic E-state index is 5.28. The summed E-state index contributed by atoms with van der Waals surface area (Å²) in [5, 5.41) is 4.96. The van der Waals surface area contributed by atoms with Gasteiger partial charge < -0.3 is 5.32 Å². The third-order valence-corrected chi connectivity index (χ3v) is 10.2. The van der Waals surface area contributed by atoms with Crippen LogP contribution in [-0.2, 0) is 6.42 Å². The molecule has 50 heavy (non-hydrogen) atoms. The molecule has 2 atom stereocenters. The number of allylic oxidation sites excluding steroid dienone is 13. The average molecular weight is 651 g/mol. The first kappa shape index (κ1) is 31.6. The monoisotopic (exact) mass is 650 g/mol. The Morgan fingerprint density at radius 2 is 1.64 bits per heavy atom. The van der Waals surface area contributed by atoms with Crippen molar-refractivity contribution in [1.82, 2.24) is 10.3 Å². The maximum atomic E-state index is 5.28. The zero-order valence-electron chi connectivity index (χ0n) is 28.8. The second-order valence-corrected chi connectivity index (χ2v) is 13.4. The molecule has 2 aliphatic carbocycles. The molecule has 0 saturated carbocycles. The molecule has 0 amide bonds. The Bertz CT molecular complexity index is 2220. The Labute approximate surface area is 295 Å². The highest BCUT2D eigenvalue weighted by Crippen LogP contribution is 2.37. The number of aryl methyl sites for hydroxylation is 1. The predicted molar refractivity (Wildman–Crippen MR) is 210 cm³/mol. The van der Waals surface area contributed by atoms with E-state index < -0.39 is 0 Å². The maximum Gasteiger partial charge on any atom is 0.145 e. The second-order valence-electron chi connectivity index (χ2n) is 13.4. The first-order valence-corrected chi connectivity index (χ1v) is 17.9. The molecular formula is C46H42N4. The minimum Gasteiger partial charge on any atom is -0.360 e. The first-order valence-electron chi connectivity index (χ1n) is 17.9. The standard InChI is InChI=1S/C46H42N4/c1-3-9-31(4-2)33-13-17-36(18-14-33)42-30-43(50-46(49-42)40-25-15-34(16-26-40)32-10-6-5-7-11-32)37-21-19-35(20-22-37)41-28-27-39-24-23-38-12-8-29-47-44(38)45(39)48-41/h3-10,12-19,21,23-26,29-30,32,46,50H,11,20,22,27-28H2,1-2H3/b9-3-,31-4+. The van der Waals surface area contributed by atoms with Crippen LogP contribution in [0.3, 0.4) is 0 Å². The molecule has 0 saturated heterocycles. The van der Waals surface area contributed by atoms with Crippen molar-refractivity contribution < 1.29 is 0 Å². The molecule has 1 N–H and O–H groups in total. The second kappa shape index (κ2) is 14.1. The molecule has 0 radical (unpaired) electrons. The van der Waals surface area contributed by atoms with Gasteiger partial charge in [0.05, 0.1) is 16.9 Å². The Morgan fingerprint density at radius 1 is 0.820 bits per heavy atom. The predicted octanol–water partition coefficient (Wildman–Crippen LogP) is 11.2. The lowest BCUT2D eigenvalue weighted by Crippen LogP contribution is -2.27. The van der Waals surface area contributed by atoms with E-state index in [1.807, 2.05) is 12.3 Å². The smallest absolute Gasteiger partial charge is 0.145 e. The van der Waals surface area contributed by atoms with Crippen molar-refractivity contribution in [2.45, 2.75) is 58.0 Å². The van der Waals surface area contributed by atoms with Gasteiger partial charge in [0.15, 0.2) is 0 Å². The van der Waals surface area contributed by atoms with E-state index in [0.29, 0.717) is 5.92 Å². The minimum absolute atomic E-state index is 0.180. The molecule has 4 aliphatic rings. The van der Waals surface area contributed by atoms with Gasteiger partial charge in [0.25, 0.3) is 0 Å². The van der Waals surface area contributed by atoms with Crippen molar-refractivity contribution in [2.24, 2.45) is 9.98 Å². The number of benzene rings is 3. The van der Waals surface area contributed by atoms with Crippen molar-refractivity contribution in [3.8, 4) is 0 Å². The molecule has 4 heteroatoms. The van der Waals surface area contributed by atoms with E-state index >= 15 is 0 Å². The summed E-state index contributed by atoms with van der Waals surface area (Å²) in [7, 11) is 0. The zero-order chi connectivity index (χ0) is 33.9. The minimum atomic E-state index is -0.180. The summed E-state index contributed by atoms with van der Waals surface area (Å²) < 4.78 is 0. The van der Waals surface area contributed by atoms with Crippen molar-refractivity contribution >= 4 is 33.6 Å². The molecule has 2 aliphatic heterocycles.